The predicted octanol–water partition coefficient (Wildman–Crippen LogP) is 2.57. The van der Waals surface area contributed by atoms with Crippen molar-refractivity contribution >= 4 is 0 Å². The Hall–Kier alpha value is -0.300. The summed E-state index contributed by atoms with van der Waals surface area (Å²) in [5, 5.41) is 0. The van der Waals surface area contributed by atoms with Crippen LogP contribution in [0.25, 0.3) is 0 Å². The van der Waals surface area contributed by atoms with Crippen molar-refractivity contribution in [3.05, 3.63) is 12.2 Å². The van der Waals surface area contributed by atoms with Crippen molar-refractivity contribution in [1.29, 1.82) is 0 Å². The fraction of sp³-hybridized carbons (Fsp3) is 0.800. The first-order valence-electron chi connectivity index (χ1n) is 4.28. The van der Waals surface area contributed by atoms with Crippen LogP contribution in [0, 0.1) is 11.3 Å². The summed E-state index contributed by atoms with van der Waals surface area (Å²) in [6.45, 7) is 13.4. The molecule has 0 heterocycles. The number of nitrogens with two attached hydrogens (primary N) is 1. The van der Waals surface area contributed by atoms with Gasteiger partial charge in [-0.3, -0.25) is 0 Å². The Balaban J connectivity index is 4.22. The molecule has 0 rings (SSSR count). The van der Waals surface area contributed by atoms with Crippen molar-refractivity contribution in [3.63, 3.8) is 0 Å². The molecule has 0 bridgehead atoms. The zero-order valence-electron chi connectivity index (χ0n) is 8.28. The Labute approximate surface area is 70.7 Å². The molecule has 0 saturated heterocycles. The average molecular weight is 155 g/mol. The van der Waals surface area contributed by atoms with Gasteiger partial charge < -0.3 is 5.73 Å². The van der Waals surface area contributed by atoms with Gasteiger partial charge in [-0.2, -0.15) is 0 Å². The molecule has 0 aliphatic carbocycles. The van der Waals surface area contributed by atoms with Crippen LogP contribution < -0.4 is 5.73 Å². The van der Waals surface area contributed by atoms with E-state index in [1.54, 1.807) is 0 Å². The Bertz CT molecular complexity index is 138. The lowest BCUT2D eigenvalue weighted by molar-refractivity contribution is 0.323. The zero-order valence-corrected chi connectivity index (χ0v) is 8.28. The van der Waals surface area contributed by atoms with Crippen molar-refractivity contribution in [2.75, 3.05) is 6.54 Å². The van der Waals surface area contributed by atoms with Gasteiger partial charge in [0, 0.05) is 12.0 Å². The van der Waals surface area contributed by atoms with Gasteiger partial charge in [0.05, 0.1) is 0 Å². The van der Waals surface area contributed by atoms with Crippen LogP contribution >= 0.6 is 0 Å². The summed E-state index contributed by atoms with van der Waals surface area (Å²) in [6.07, 6.45) is 1.14. The topological polar surface area (TPSA) is 26.0 Å². The maximum absolute atomic E-state index is 5.70. The molecule has 1 nitrogen and oxygen atoms in total. The molecule has 1 heteroatoms. The number of hydrogen-bond donors (Lipinski definition) is 1. The van der Waals surface area contributed by atoms with Crippen LogP contribution in [0.15, 0.2) is 12.2 Å². The minimum atomic E-state index is 0.147. The van der Waals surface area contributed by atoms with Crippen LogP contribution in [-0.4, -0.2) is 6.54 Å². The van der Waals surface area contributed by atoms with E-state index in [1.165, 1.54) is 5.57 Å². The standard InChI is InChI=1S/C10H21N/c1-8(2)6-10(5,7-11)9(3)4/h8H,3,6-7,11H2,1-2,4-5H3. The summed E-state index contributed by atoms with van der Waals surface area (Å²) in [5.74, 6) is 0.695. The highest BCUT2D eigenvalue weighted by Crippen LogP contribution is 2.31. The van der Waals surface area contributed by atoms with E-state index in [2.05, 4.69) is 34.3 Å². The van der Waals surface area contributed by atoms with E-state index < -0.39 is 0 Å². The van der Waals surface area contributed by atoms with Crippen LogP contribution in [0.1, 0.15) is 34.1 Å². The minimum Gasteiger partial charge on any atom is -0.330 e. The molecule has 0 aromatic carbocycles. The molecule has 66 valence electrons. The molecule has 0 saturated carbocycles. The van der Waals surface area contributed by atoms with Crippen LogP contribution in [0.2, 0.25) is 0 Å². The summed E-state index contributed by atoms with van der Waals surface area (Å²) >= 11 is 0. The maximum atomic E-state index is 5.70. The molecule has 0 radical (unpaired) electrons. The van der Waals surface area contributed by atoms with Crippen molar-refractivity contribution in [2.24, 2.45) is 17.1 Å². The Morgan fingerprint density at radius 3 is 2.09 bits per heavy atom. The normalized spacial score (nSPS) is 16.5. The van der Waals surface area contributed by atoms with E-state index in [1.807, 2.05) is 0 Å². The van der Waals surface area contributed by atoms with E-state index in [0.29, 0.717) is 12.5 Å². The van der Waals surface area contributed by atoms with Gasteiger partial charge in [-0.1, -0.05) is 32.9 Å². The summed E-state index contributed by atoms with van der Waals surface area (Å²) in [6, 6.07) is 0. The van der Waals surface area contributed by atoms with E-state index in [4.69, 9.17) is 5.73 Å². The van der Waals surface area contributed by atoms with Crippen molar-refractivity contribution < 1.29 is 0 Å². The second-order valence-electron chi connectivity index (χ2n) is 4.14. The highest BCUT2D eigenvalue weighted by molar-refractivity contribution is 5.06. The molecule has 11 heavy (non-hydrogen) atoms. The first-order chi connectivity index (χ1) is 4.92. The van der Waals surface area contributed by atoms with Gasteiger partial charge in [-0.25, -0.2) is 0 Å². The average Bonchev–Trinajstić information content (AvgIpc) is 1.86. The third-order valence-electron chi connectivity index (χ3n) is 2.34. The van der Waals surface area contributed by atoms with Crippen LogP contribution in [-0.2, 0) is 0 Å². The fourth-order valence-corrected chi connectivity index (χ4v) is 1.33. The number of rotatable bonds is 4. The van der Waals surface area contributed by atoms with Gasteiger partial charge in [0.25, 0.3) is 0 Å². The molecule has 2 N–H and O–H groups in total. The van der Waals surface area contributed by atoms with Gasteiger partial charge >= 0.3 is 0 Å². The Morgan fingerprint density at radius 1 is 1.55 bits per heavy atom. The molecule has 0 aliphatic heterocycles. The summed E-state index contributed by atoms with van der Waals surface area (Å²) in [4.78, 5) is 0. The maximum Gasteiger partial charge on any atom is 0.00141 e. The molecule has 0 aromatic rings. The van der Waals surface area contributed by atoms with Crippen molar-refractivity contribution in [3.8, 4) is 0 Å². The van der Waals surface area contributed by atoms with Crippen LogP contribution in [0.5, 0.6) is 0 Å². The lowest BCUT2D eigenvalue weighted by Gasteiger charge is -2.30. The lowest BCUT2D eigenvalue weighted by Crippen LogP contribution is -2.29. The van der Waals surface area contributed by atoms with E-state index in [0.717, 1.165) is 6.42 Å². The van der Waals surface area contributed by atoms with Gasteiger partial charge in [-0.15, -0.1) is 0 Å². The molecular weight excluding hydrogens is 134 g/mol. The van der Waals surface area contributed by atoms with Gasteiger partial charge in [0.2, 0.25) is 0 Å². The third kappa shape index (κ3) is 3.06. The van der Waals surface area contributed by atoms with E-state index >= 15 is 0 Å². The zero-order chi connectivity index (χ0) is 9.07. The third-order valence-corrected chi connectivity index (χ3v) is 2.34. The SMILES string of the molecule is C=C(C)C(C)(CN)CC(C)C. The highest BCUT2D eigenvalue weighted by atomic mass is 14.6. The lowest BCUT2D eigenvalue weighted by atomic mass is 9.77. The van der Waals surface area contributed by atoms with Gasteiger partial charge in [0.1, 0.15) is 0 Å². The number of hydrogen-bond acceptors (Lipinski definition) is 1. The summed E-state index contributed by atoms with van der Waals surface area (Å²) < 4.78 is 0. The second kappa shape index (κ2) is 3.91. The summed E-state index contributed by atoms with van der Waals surface area (Å²) in [5.41, 5.74) is 7.04. The van der Waals surface area contributed by atoms with Gasteiger partial charge in [-0.05, 0) is 19.3 Å². The Kier molecular flexibility index (Phi) is 3.81. The van der Waals surface area contributed by atoms with Crippen LogP contribution in [0.3, 0.4) is 0 Å². The van der Waals surface area contributed by atoms with Crippen molar-refractivity contribution in [1.82, 2.24) is 0 Å². The van der Waals surface area contributed by atoms with Crippen molar-refractivity contribution in [2.45, 2.75) is 34.1 Å². The quantitative estimate of drug-likeness (QED) is 0.620. The smallest absolute Gasteiger partial charge is 0.00141 e. The largest absolute Gasteiger partial charge is 0.330 e. The molecule has 0 aromatic heterocycles. The minimum absolute atomic E-state index is 0.147. The first-order valence-corrected chi connectivity index (χ1v) is 4.28. The molecule has 0 aliphatic rings. The molecule has 0 spiro atoms. The fourth-order valence-electron chi connectivity index (χ4n) is 1.33. The molecule has 0 fully saturated rings. The van der Waals surface area contributed by atoms with E-state index in [-0.39, 0.29) is 5.41 Å². The molecule has 1 atom stereocenters. The predicted molar refractivity (Wildman–Crippen MR) is 51.4 cm³/mol. The monoisotopic (exact) mass is 155 g/mol. The van der Waals surface area contributed by atoms with E-state index in [9.17, 15) is 0 Å². The summed E-state index contributed by atoms with van der Waals surface area (Å²) in [7, 11) is 0. The highest BCUT2D eigenvalue weighted by Gasteiger charge is 2.24. The molecule has 1 unspecified atom stereocenters. The van der Waals surface area contributed by atoms with Gasteiger partial charge in [0.15, 0.2) is 0 Å². The Morgan fingerprint density at radius 2 is 2.00 bits per heavy atom. The second-order valence-corrected chi connectivity index (χ2v) is 4.14. The first kappa shape index (κ1) is 10.7. The molecular formula is C10H21N. The van der Waals surface area contributed by atoms with Crippen LogP contribution in [0.4, 0.5) is 0 Å². The molecule has 0 amide bonds.